The number of primary amides is 1. The van der Waals surface area contributed by atoms with Gasteiger partial charge in [0.15, 0.2) is 11.8 Å². The van der Waals surface area contributed by atoms with E-state index in [-0.39, 0.29) is 18.1 Å². The molecule has 1 aromatic carbocycles. The van der Waals surface area contributed by atoms with Crippen LogP contribution in [0.15, 0.2) is 29.0 Å². The zero-order chi connectivity index (χ0) is 32.3. The van der Waals surface area contributed by atoms with Crippen molar-refractivity contribution >= 4 is 17.8 Å². The number of benzene rings is 1. The Kier molecular flexibility index (Phi) is 12.4. The van der Waals surface area contributed by atoms with Gasteiger partial charge in [0.25, 0.3) is 0 Å². The first-order chi connectivity index (χ1) is 21.7. The zero-order valence-electron chi connectivity index (χ0n) is 26.7. The number of aromatic nitrogens is 4. The Bertz CT molecular complexity index is 1370. The fourth-order valence-electron chi connectivity index (χ4n) is 6.65. The molecule has 246 valence electrons. The fraction of sp³-hybridized carbons (Fsp3) is 0.606. The second-order valence-corrected chi connectivity index (χ2v) is 12.6. The minimum Gasteiger partial charge on any atom is -0.508 e. The number of nitrogens with zero attached hydrogens (tertiary/aromatic N) is 4. The number of anilines is 1. The van der Waals surface area contributed by atoms with Crippen LogP contribution >= 0.6 is 0 Å². The second-order valence-electron chi connectivity index (χ2n) is 12.6. The Balaban J connectivity index is 1.58. The lowest BCUT2D eigenvalue weighted by molar-refractivity contribution is -0.134. The average Bonchev–Trinajstić information content (AvgIpc) is 3.64. The Hall–Kier alpha value is -3.93. The number of nitrogen functional groups attached to an aromatic ring is 1. The number of hydrogen-bond donors (Lipinski definition) is 5. The van der Waals surface area contributed by atoms with Gasteiger partial charge in [0.05, 0.1) is 5.92 Å². The van der Waals surface area contributed by atoms with E-state index in [0.29, 0.717) is 55.9 Å². The fourth-order valence-corrected chi connectivity index (χ4v) is 6.65. The number of aryl methyl sites for hydroxylation is 3. The van der Waals surface area contributed by atoms with Gasteiger partial charge in [0, 0.05) is 31.3 Å². The van der Waals surface area contributed by atoms with Gasteiger partial charge in [-0.3, -0.25) is 9.59 Å². The molecule has 2 aromatic heterocycles. The Morgan fingerprint density at radius 2 is 1.82 bits per heavy atom. The molecule has 2 amide bonds. The van der Waals surface area contributed by atoms with E-state index in [4.69, 9.17) is 26.7 Å². The normalized spacial score (nSPS) is 15.9. The molecule has 4 rings (SSSR count). The predicted molar refractivity (Wildman–Crippen MR) is 172 cm³/mol. The quantitative estimate of drug-likeness (QED) is 0.138. The molecule has 1 aliphatic rings. The number of hydrogen-bond acceptors (Lipinski definition) is 9. The van der Waals surface area contributed by atoms with Gasteiger partial charge < -0.3 is 36.7 Å². The van der Waals surface area contributed by atoms with Gasteiger partial charge in [-0.2, -0.15) is 4.98 Å². The van der Waals surface area contributed by atoms with E-state index in [1.807, 2.05) is 13.8 Å². The maximum Gasteiger partial charge on any atom is 0.249 e. The lowest BCUT2D eigenvalue weighted by Crippen LogP contribution is -2.43. The van der Waals surface area contributed by atoms with Gasteiger partial charge in [-0.25, -0.2) is 4.98 Å². The van der Waals surface area contributed by atoms with E-state index >= 15 is 0 Å². The molecule has 1 saturated carbocycles. The van der Waals surface area contributed by atoms with Crippen molar-refractivity contribution in [3.05, 3.63) is 52.9 Å². The van der Waals surface area contributed by atoms with Crippen molar-refractivity contribution in [3.8, 4) is 5.75 Å². The SMILES string of the molecule is Cc1cc(O)cc(C)c1C[C@H](C(=O)N[C@@H](CCCCN)c1nc(CC2CCCCC2)no1)C(CCCn1ccnc1N)C(N)=O. The highest BCUT2D eigenvalue weighted by Gasteiger charge is 2.35. The molecule has 0 saturated heterocycles. The molecule has 3 atom stereocenters. The van der Waals surface area contributed by atoms with Gasteiger partial charge >= 0.3 is 0 Å². The molecule has 1 fully saturated rings. The number of phenols is 1. The van der Waals surface area contributed by atoms with Crippen LogP contribution in [-0.2, 0) is 29.0 Å². The van der Waals surface area contributed by atoms with Crippen LogP contribution in [0.3, 0.4) is 0 Å². The van der Waals surface area contributed by atoms with E-state index in [9.17, 15) is 14.7 Å². The number of phenolic OH excluding ortho intramolecular Hbond substituents is 1. The van der Waals surface area contributed by atoms with Gasteiger partial charge in [-0.05, 0) is 93.7 Å². The Morgan fingerprint density at radius 1 is 1.09 bits per heavy atom. The molecule has 2 heterocycles. The molecule has 8 N–H and O–H groups in total. The molecular formula is C33H50N8O4. The molecule has 0 spiro atoms. The van der Waals surface area contributed by atoms with Crippen LogP contribution in [-0.4, -0.2) is 43.2 Å². The zero-order valence-corrected chi connectivity index (χ0v) is 26.7. The third-order valence-electron chi connectivity index (χ3n) is 9.20. The lowest BCUT2D eigenvalue weighted by atomic mass is 9.80. The van der Waals surface area contributed by atoms with E-state index in [0.717, 1.165) is 36.0 Å². The number of aromatic hydroxyl groups is 1. The lowest BCUT2D eigenvalue weighted by Gasteiger charge is -2.27. The first-order valence-corrected chi connectivity index (χ1v) is 16.3. The summed E-state index contributed by atoms with van der Waals surface area (Å²) in [4.78, 5) is 36.0. The number of rotatable bonds is 17. The first kappa shape index (κ1) is 34.0. The molecule has 1 aliphatic carbocycles. The molecule has 0 radical (unpaired) electrons. The highest BCUT2D eigenvalue weighted by Crippen LogP contribution is 2.31. The first-order valence-electron chi connectivity index (χ1n) is 16.3. The van der Waals surface area contributed by atoms with Crippen molar-refractivity contribution in [2.45, 2.75) is 103 Å². The summed E-state index contributed by atoms with van der Waals surface area (Å²) < 4.78 is 7.53. The van der Waals surface area contributed by atoms with Crippen molar-refractivity contribution in [2.24, 2.45) is 29.2 Å². The van der Waals surface area contributed by atoms with Crippen LogP contribution in [0.2, 0.25) is 0 Å². The number of carbonyl (C=O) groups excluding carboxylic acids is 2. The molecule has 45 heavy (non-hydrogen) atoms. The van der Waals surface area contributed by atoms with Crippen LogP contribution < -0.4 is 22.5 Å². The van der Waals surface area contributed by atoms with Gasteiger partial charge in [-0.15, -0.1) is 0 Å². The van der Waals surface area contributed by atoms with E-state index in [1.165, 1.54) is 32.1 Å². The van der Waals surface area contributed by atoms with Crippen molar-refractivity contribution < 1.29 is 19.2 Å². The summed E-state index contributed by atoms with van der Waals surface area (Å²) in [5.41, 5.74) is 20.3. The maximum atomic E-state index is 14.3. The summed E-state index contributed by atoms with van der Waals surface area (Å²) in [5.74, 6) is -0.263. The van der Waals surface area contributed by atoms with Crippen molar-refractivity contribution in [1.29, 1.82) is 0 Å². The molecule has 0 bridgehead atoms. The summed E-state index contributed by atoms with van der Waals surface area (Å²) in [6.45, 7) is 4.85. The van der Waals surface area contributed by atoms with Crippen LogP contribution in [0.4, 0.5) is 5.95 Å². The Labute approximate surface area is 265 Å². The van der Waals surface area contributed by atoms with Crippen LogP contribution in [0.5, 0.6) is 5.75 Å². The van der Waals surface area contributed by atoms with Crippen LogP contribution in [0.25, 0.3) is 0 Å². The van der Waals surface area contributed by atoms with Gasteiger partial charge in [0.2, 0.25) is 17.7 Å². The molecule has 1 unspecified atom stereocenters. The average molecular weight is 623 g/mol. The van der Waals surface area contributed by atoms with Crippen LogP contribution in [0, 0.1) is 31.6 Å². The third kappa shape index (κ3) is 9.53. The minimum atomic E-state index is -0.772. The summed E-state index contributed by atoms with van der Waals surface area (Å²) in [5, 5.41) is 17.6. The molecule has 0 aliphatic heterocycles. The standard InChI is InChI=1S/C33H50N8O4/c1-21-17-24(42)18-22(2)26(21)20-27(25(30(35)43)11-8-15-41-16-14-37-33(41)36)31(44)38-28(12-6-7-13-34)32-39-29(40-45-32)19-23-9-4-3-5-10-23/h14,16-18,23,25,27-28,42H,3-13,15,19-20,34H2,1-2H3,(H2,35,43)(H2,36,37)(H,38,44)/t25?,27-,28-/m0/s1. The number of amides is 2. The van der Waals surface area contributed by atoms with E-state index in [2.05, 4.69) is 15.5 Å². The molecule has 12 nitrogen and oxygen atoms in total. The van der Waals surface area contributed by atoms with Gasteiger partial charge in [0.1, 0.15) is 11.8 Å². The summed E-state index contributed by atoms with van der Waals surface area (Å²) in [6, 6.07) is 2.81. The third-order valence-corrected chi connectivity index (χ3v) is 9.20. The number of unbranched alkanes of at least 4 members (excludes halogenated alkanes) is 1. The smallest absolute Gasteiger partial charge is 0.249 e. The maximum absolute atomic E-state index is 14.3. The number of nitrogens with two attached hydrogens (primary N) is 3. The van der Waals surface area contributed by atoms with E-state index in [1.54, 1.807) is 29.1 Å². The number of carbonyl (C=O) groups is 2. The summed E-state index contributed by atoms with van der Waals surface area (Å²) in [7, 11) is 0. The highest BCUT2D eigenvalue weighted by molar-refractivity contribution is 5.87. The van der Waals surface area contributed by atoms with Crippen molar-refractivity contribution in [1.82, 2.24) is 25.0 Å². The van der Waals surface area contributed by atoms with Gasteiger partial charge in [-0.1, -0.05) is 37.3 Å². The number of nitrogens with one attached hydrogen (secondary N) is 1. The topological polar surface area (TPSA) is 201 Å². The van der Waals surface area contributed by atoms with Crippen molar-refractivity contribution in [2.75, 3.05) is 12.3 Å². The largest absolute Gasteiger partial charge is 0.508 e. The van der Waals surface area contributed by atoms with Crippen molar-refractivity contribution in [3.63, 3.8) is 0 Å². The molecule has 12 heteroatoms. The summed E-state index contributed by atoms with van der Waals surface area (Å²) in [6.07, 6.45) is 13.6. The second kappa shape index (κ2) is 16.4. The molecule has 3 aromatic rings. The monoisotopic (exact) mass is 622 g/mol. The number of imidazole rings is 1. The minimum absolute atomic E-state index is 0.152. The Morgan fingerprint density at radius 3 is 2.47 bits per heavy atom. The summed E-state index contributed by atoms with van der Waals surface area (Å²) >= 11 is 0. The van der Waals surface area contributed by atoms with E-state index < -0.39 is 23.8 Å². The molecular weight excluding hydrogens is 572 g/mol. The highest BCUT2D eigenvalue weighted by atomic mass is 16.5. The predicted octanol–water partition coefficient (Wildman–Crippen LogP) is 4.02. The van der Waals surface area contributed by atoms with Crippen LogP contribution in [0.1, 0.15) is 98.7 Å².